The fraction of sp³-hybridized carbons (Fsp3) is 0.833. The van der Waals surface area contributed by atoms with Crippen molar-refractivity contribution >= 4 is 21.9 Å². The molecular weight excluding hydrogens is 184 g/mol. The molecule has 0 aromatic heterocycles. The Morgan fingerprint density at radius 3 is 2.44 bits per heavy atom. The van der Waals surface area contributed by atoms with Gasteiger partial charge in [-0.2, -0.15) is 0 Å². The number of alkyl halides is 1. The van der Waals surface area contributed by atoms with Gasteiger partial charge < -0.3 is 4.74 Å². The van der Waals surface area contributed by atoms with Gasteiger partial charge in [-0.3, -0.25) is 4.79 Å². The molecule has 0 spiro atoms. The number of ether oxygens (including phenoxy) is 1. The average Bonchev–Trinajstić information content (AvgIpc) is 1.79. The van der Waals surface area contributed by atoms with Gasteiger partial charge in [-0.05, 0) is 12.8 Å². The fourth-order valence-corrected chi connectivity index (χ4v) is 1.41. The van der Waals surface area contributed by atoms with Crippen LogP contribution < -0.4 is 0 Å². The third-order valence-electron chi connectivity index (χ3n) is 1.45. The van der Waals surface area contributed by atoms with Gasteiger partial charge in [-0.25, -0.2) is 0 Å². The molecule has 0 N–H and O–H groups in total. The van der Waals surface area contributed by atoms with Crippen molar-refractivity contribution in [2.45, 2.75) is 30.7 Å². The van der Waals surface area contributed by atoms with E-state index in [1.807, 2.05) is 0 Å². The molecule has 3 heteroatoms. The van der Waals surface area contributed by atoms with Crippen LogP contribution in [0.4, 0.5) is 0 Å². The summed E-state index contributed by atoms with van der Waals surface area (Å²) in [6.07, 6.45) is 2.27. The first kappa shape index (κ1) is 7.06. The number of carbonyl (C=O) groups is 1. The predicted molar refractivity (Wildman–Crippen MR) is 37.5 cm³/mol. The molecule has 1 aliphatic rings. The van der Waals surface area contributed by atoms with Crippen LogP contribution in [-0.4, -0.2) is 16.9 Å². The lowest BCUT2D eigenvalue weighted by Crippen LogP contribution is -2.35. The summed E-state index contributed by atoms with van der Waals surface area (Å²) >= 11 is 3.38. The largest absolute Gasteiger partial charge is 0.461 e. The highest BCUT2D eigenvalue weighted by Crippen LogP contribution is 2.29. The summed E-state index contributed by atoms with van der Waals surface area (Å²) in [7, 11) is 0. The third-order valence-corrected chi connectivity index (χ3v) is 2.50. The van der Waals surface area contributed by atoms with E-state index in [4.69, 9.17) is 4.74 Å². The summed E-state index contributed by atoms with van der Waals surface area (Å²) in [5.41, 5.74) is 0. The Labute approximate surface area is 62.7 Å². The molecule has 1 fully saturated rings. The molecular formula is C6H9BrO2. The van der Waals surface area contributed by atoms with Crippen molar-refractivity contribution in [3.8, 4) is 0 Å². The maximum Gasteiger partial charge on any atom is 0.302 e. The van der Waals surface area contributed by atoms with Crippen LogP contribution in [0.3, 0.4) is 0 Å². The highest BCUT2D eigenvalue weighted by molar-refractivity contribution is 9.09. The number of hydrogen-bond donors (Lipinski definition) is 0. The molecule has 9 heavy (non-hydrogen) atoms. The van der Waals surface area contributed by atoms with E-state index < -0.39 is 0 Å². The smallest absolute Gasteiger partial charge is 0.302 e. The first-order chi connectivity index (χ1) is 4.20. The number of rotatable bonds is 1. The molecule has 0 saturated heterocycles. The normalized spacial score (nSPS) is 33.1. The summed E-state index contributed by atoms with van der Waals surface area (Å²) in [6.45, 7) is 1.44. The van der Waals surface area contributed by atoms with E-state index in [0.29, 0.717) is 4.83 Å². The molecule has 0 aromatic carbocycles. The van der Waals surface area contributed by atoms with E-state index >= 15 is 0 Å². The number of hydrogen-bond acceptors (Lipinski definition) is 2. The van der Waals surface area contributed by atoms with Crippen molar-refractivity contribution < 1.29 is 9.53 Å². The van der Waals surface area contributed by atoms with Crippen LogP contribution in [0.1, 0.15) is 19.8 Å². The Hall–Kier alpha value is -0.0500. The zero-order chi connectivity index (χ0) is 6.85. The fourth-order valence-electron chi connectivity index (χ4n) is 0.775. The molecule has 0 radical (unpaired) electrons. The average molecular weight is 193 g/mol. The van der Waals surface area contributed by atoms with Crippen LogP contribution >= 0.6 is 15.9 Å². The van der Waals surface area contributed by atoms with Crippen molar-refractivity contribution in [1.29, 1.82) is 0 Å². The Balaban J connectivity index is 2.21. The van der Waals surface area contributed by atoms with E-state index in [-0.39, 0.29) is 12.1 Å². The summed E-state index contributed by atoms with van der Waals surface area (Å²) in [5, 5.41) is 0. The number of halogens is 1. The summed E-state index contributed by atoms with van der Waals surface area (Å²) in [6, 6.07) is 0. The molecule has 0 aromatic rings. The molecule has 0 bridgehead atoms. The van der Waals surface area contributed by atoms with Crippen molar-refractivity contribution in [2.75, 3.05) is 0 Å². The first-order valence-corrected chi connectivity index (χ1v) is 3.93. The van der Waals surface area contributed by atoms with Crippen LogP contribution in [0.25, 0.3) is 0 Å². The molecule has 52 valence electrons. The maximum atomic E-state index is 10.3. The highest BCUT2D eigenvalue weighted by Gasteiger charge is 2.30. The van der Waals surface area contributed by atoms with Gasteiger partial charge in [0.25, 0.3) is 0 Å². The zero-order valence-corrected chi connectivity index (χ0v) is 6.85. The second-order valence-corrected chi connectivity index (χ2v) is 3.42. The predicted octanol–water partition coefficient (Wildman–Crippen LogP) is 1.48. The number of carbonyl (C=O) groups excluding carboxylic acids is 1. The van der Waals surface area contributed by atoms with Gasteiger partial charge in [0, 0.05) is 6.92 Å². The maximum absolute atomic E-state index is 10.3. The molecule has 1 aliphatic carbocycles. The minimum absolute atomic E-state index is 0.141. The van der Waals surface area contributed by atoms with E-state index in [0.717, 1.165) is 12.8 Å². The van der Waals surface area contributed by atoms with E-state index in [1.54, 1.807) is 0 Å². The quantitative estimate of drug-likeness (QED) is 0.465. The monoisotopic (exact) mass is 192 g/mol. The van der Waals surface area contributed by atoms with Crippen LogP contribution in [0.2, 0.25) is 0 Å². The molecule has 2 nitrogen and oxygen atoms in total. The molecule has 2 unspecified atom stereocenters. The number of esters is 1. The van der Waals surface area contributed by atoms with Gasteiger partial charge in [0.2, 0.25) is 0 Å². The lowest BCUT2D eigenvalue weighted by atomic mass is 9.96. The highest BCUT2D eigenvalue weighted by atomic mass is 79.9. The molecule has 1 rings (SSSR count). The first-order valence-electron chi connectivity index (χ1n) is 3.01. The van der Waals surface area contributed by atoms with Crippen LogP contribution in [0.15, 0.2) is 0 Å². The van der Waals surface area contributed by atoms with Gasteiger partial charge in [0.05, 0.1) is 4.83 Å². The third kappa shape index (κ3) is 1.68. The van der Waals surface area contributed by atoms with Gasteiger partial charge in [-0.15, -0.1) is 0 Å². The van der Waals surface area contributed by atoms with Crippen molar-refractivity contribution in [2.24, 2.45) is 0 Å². The molecule has 0 aliphatic heterocycles. The Morgan fingerprint density at radius 2 is 2.33 bits per heavy atom. The molecule has 0 amide bonds. The summed E-state index contributed by atoms with van der Waals surface area (Å²) in [5.74, 6) is -0.177. The SMILES string of the molecule is CC(=O)OC1CCC1Br. The van der Waals surface area contributed by atoms with Gasteiger partial charge >= 0.3 is 5.97 Å². The van der Waals surface area contributed by atoms with Gasteiger partial charge in [0.15, 0.2) is 0 Å². The topological polar surface area (TPSA) is 26.3 Å². The minimum Gasteiger partial charge on any atom is -0.461 e. The second-order valence-electron chi connectivity index (χ2n) is 2.24. The van der Waals surface area contributed by atoms with E-state index in [2.05, 4.69) is 15.9 Å². The summed E-state index contributed by atoms with van der Waals surface area (Å²) < 4.78 is 4.91. The second kappa shape index (κ2) is 2.69. The van der Waals surface area contributed by atoms with Gasteiger partial charge in [0.1, 0.15) is 6.10 Å². The Bertz CT molecular complexity index is 124. The van der Waals surface area contributed by atoms with Crippen LogP contribution in [0.5, 0.6) is 0 Å². The summed E-state index contributed by atoms with van der Waals surface area (Å²) in [4.78, 5) is 10.8. The Morgan fingerprint density at radius 1 is 1.67 bits per heavy atom. The minimum atomic E-state index is -0.177. The molecule has 0 heterocycles. The van der Waals surface area contributed by atoms with Crippen molar-refractivity contribution in [3.63, 3.8) is 0 Å². The molecule has 1 saturated carbocycles. The van der Waals surface area contributed by atoms with Crippen LogP contribution in [0, 0.1) is 0 Å². The van der Waals surface area contributed by atoms with Gasteiger partial charge in [-0.1, -0.05) is 15.9 Å². The van der Waals surface area contributed by atoms with E-state index in [1.165, 1.54) is 6.92 Å². The zero-order valence-electron chi connectivity index (χ0n) is 5.26. The lowest BCUT2D eigenvalue weighted by molar-refractivity contribution is -0.149. The standard InChI is InChI=1S/C6H9BrO2/c1-4(8)9-6-3-2-5(6)7/h5-6H,2-3H2,1H3. The van der Waals surface area contributed by atoms with Crippen LogP contribution in [-0.2, 0) is 9.53 Å². The molecule has 2 atom stereocenters. The lowest BCUT2D eigenvalue weighted by Gasteiger charge is -2.30. The Kier molecular flexibility index (Phi) is 2.11. The van der Waals surface area contributed by atoms with Crippen molar-refractivity contribution in [1.82, 2.24) is 0 Å². The van der Waals surface area contributed by atoms with E-state index in [9.17, 15) is 4.79 Å². The van der Waals surface area contributed by atoms with Crippen molar-refractivity contribution in [3.05, 3.63) is 0 Å².